The standard InChI is InChI=1S/C24H27FN4O5S/c1-27-35(31,32)19-3-5-23(34-18-6-12-33-13-7-18)20(15-19)24(30)29-10-8-28(9-11-29)22-4-2-17(16-26)14-21(22)25/h2-5,14-15,18,27H,6-13H2,1H3. The predicted octanol–water partition coefficient (Wildman–Crippen LogP) is 2.13. The van der Waals surface area contributed by atoms with Crippen LogP contribution in [0.5, 0.6) is 5.75 Å². The van der Waals surface area contributed by atoms with Gasteiger partial charge in [-0.25, -0.2) is 17.5 Å². The van der Waals surface area contributed by atoms with Crippen molar-refractivity contribution in [2.75, 3.05) is 51.3 Å². The minimum Gasteiger partial charge on any atom is -0.489 e. The van der Waals surface area contributed by atoms with Crippen LogP contribution in [0.1, 0.15) is 28.8 Å². The van der Waals surface area contributed by atoms with E-state index < -0.39 is 15.8 Å². The molecule has 0 bridgehead atoms. The van der Waals surface area contributed by atoms with Crippen LogP contribution in [-0.4, -0.2) is 71.8 Å². The predicted molar refractivity (Wildman–Crippen MR) is 126 cm³/mol. The number of hydrogen-bond acceptors (Lipinski definition) is 7. The molecule has 1 amide bonds. The Bertz CT molecular complexity index is 1230. The summed E-state index contributed by atoms with van der Waals surface area (Å²) in [5.74, 6) is -0.501. The molecule has 2 fully saturated rings. The van der Waals surface area contributed by atoms with Crippen LogP contribution in [0.15, 0.2) is 41.3 Å². The second-order valence-corrected chi connectivity index (χ2v) is 10.2. The molecule has 2 saturated heterocycles. The highest BCUT2D eigenvalue weighted by Gasteiger charge is 2.28. The van der Waals surface area contributed by atoms with E-state index in [1.165, 1.54) is 31.3 Å². The molecule has 2 aromatic carbocycles. The van der Waals surface area contributed by atoms with Crippen LogP contribution in [0.25, 0.3) is 0 Å². The van der Waals surface area contributed by atoms with Crippen molar-refractivity contribution in [2.45, 2.75) is 23.8 Å². The molecule has 9 nitrogen and oxygen atoms in total. The zero-order valence-corrected chi connectivity index (χ0v) is 20.2. The van der Waals surface area contributed by atoms with Gasteiger partial charge >= 0.3 is 0 Å². The van der Waals surface area contributed by atoms with Gasteiger partial charge in [0, 0.05) is 39.0 Å². The average Bonchev–Trinajstić information content (AvgIpc) is 2.89. The van der Waals surface area contributed by atoms with Crippen molar-refractivity contribution in [3.05, 3.63) is 53.3 Å². The topological polar surface area (TPSA) is 112 Å². The van der Waals surface area contributed by atoms with Crippen LogP contribution < -0.4 is 14.4 Å². The van der Waals surface area contributed by atoms with E-state index >= 15 is 0 Å². The number of nitrogens with one attached hydrogen (secondary N) is 1. The molecule has 0 saturated carbocycles. The van der Waals surface area contributed by atoms with Gasteiger partial charge in [0.25, 0.3) is 5.91 Å². The number of hydrogen-bond donors (Lipinski definition) is 1. The Morgan fingerprint density at radius 3 is 2.49 bits per heavy atom. The zero-order chi connectivity index (χ0) is 25.0. The number of rotatable bonds is 6. The van der Waals surface area contributed by atoms with Crippen LogP contribution in [-0.2, 0) is 14.8 Å². The summed E-state index contributed by atoms with van der Waals surface area (Å²) < 4.78 is 52.9. The first-order valence-corrected chi connectivity index (χ1v) is 12.9. The van der Waals surface area contributed by atoms with E-state index in [1.807, 2.05) is 11.0 Å². The molecule has 0 aromatic heterocycles. The molecule has 35 heavy (non-hydrogen) atoms. The first kappa shape index (κ1) is 24.9. The van der Waals surface area contributed by atoms with Gasteiger partial charge in [0.1, 0.15) is 17.7 Å². The van der Waals surface area contributed by atoms with E-state index in [9.17, 15) is 17.6 Å². The molecule has 2 aliphatic heterocycles. The molecule has 186 valence electrons. The summed E-state index contributed by atoms with van der Waals surface area (Å²) in [6.07, 6.45) is 1.23. The monoisotopic (exact) mass is 502 g/mol. The lowest BCUT2D eigenvalue weighted by molar-refractivity contribution is 0.0249. The van der Waals surface area contributed by atoms with Gasteiger partial charge in [-0.15, -0.1) is 0 Å². The largest absolute Gasteiger partial charge is 0.489 e. The second-order valence-electron chi connectivity index (χ2n) is 8.35. The van der Waals surface area contributed by atoms with Gasteiger partial charge in [0.05, 0.1) is 41.0 Å². The summed E-state index contributed by atoms with van der Waals surface area (Å²) >= 11 is 0. The number of piperazine rings is 1. The Morgan fingerprint density at radius 1 is 1.14 bits per heavy atom. The number of carbonyl (C=O) groups is 1. The fourth-order valence-electron chi connectivity index (χ4n) is 4.19. The smallest absolute Gasteiger partial charge is 0.257 e. The van der Waals surface area contributed by atoms with Gasteiger partial charge in [-0.05, 0) is 43.4 Å². The number of carbonyl (C=O) groups excluding carboxylic acids is 1. The molecule has 2 heterocycles. The summed E-state index contributed by atoms with van der Waals surface area (Å²) in [5, 5.41) is 8.95. The number of nitrogens with zero attached hydrogens (tertiary/aromatic N) is 3. The maximum absolute atomic E-state index is 14.4. The summed E-state index contributed by atoms with van der Waals surface area (Å²) in [6, 6.07) is 10.5. The molecule has 2 aromatic rings. The number of anilines is 1. The van der Waals surface area contributed by atoms with E-state index in [1.54, 1.807) is 17.0 Å². The van der Waals surface area contributed by atoms with Crippen LogP contribution in [0.3, 0.4) is 0 Å². The third kappa shape index (κ3) is 5.56. The van der Waals surface area contributed by atoms with Crippen molar-refractivity contribution in [1.29, 1.82) is 5.26 Å². The minimum absolute atomic E-state index is 0.0269. The minimum atomic E-state index is -3.76. The van der Waals surface area contributed by atoms with Gasteiger partial charge in [0.2, 0.25) is 10.0 Å². The molecular formula is C24H27FN4O5S. The highest BCUT2D eigenvalue weighted by atomic mass is 32.2. The van der Waals surface area contributed by atoms with E-state index in [0.717, 1.165) is 0 Å². The lowest BCUT2D eigenvalue weighted by Crippen LogP contribution is -2.49. The van der Waals surface area contributed by atoms with Crippen LogP contribution in [0, 0.1) is 17.1 Å². The summed E-state index contributed by atoms with van der Waals surface area (Å²) in [7, 11) is -2.45. The maximum atomic E-state index is 14.4. The third-order valence-electron chi connectivity index (χ3n) is 6.21. The van der Waals surface area contributed by atoms with Crippen molar-refractivity contribution >= 4 is 21.6 Å². The van der Waals surface area contributed by atoms with Crippen molar-refractivity contribution < 1.29 is 27.1 Å². The van der Waals surface area contributed by atoms with E-state index in [-0.39, 0.29) is 28.0 Å². The van der Waals surface area contributed by atoms with Crippen LogP contribution >= 0.6 is 0 Å². The number of amides is 1. The Kier molecular flexibility index (Phi) is 7.54. The van der Waals surface area contributed by atoms with Gasteiger partial charge in [0.15, 0.2) is 0 Å². The van der Waals surface area contributed by atoms with Crippen LogP contribution in [0.2, 0.25) is 0 Å². The fourth-order valence-corrected chi connectivity index (χ4v) is 4.95. The van der Waals surface area contributed by atoms with E-state index in [0.29, 0.717) is 63.7 Å². The molecule has 0 unspecified atom stereocenters. The SMILES string of the molecule is CNS(=O)(=O)c1ccc(OC2CCOCC2)c(C(=O)N2CCN(c3ccc(C#N)cc3F)CC2)c1. The van der Waals surface area contributed by atoms with Gasteiger partial charge in [-0.3, -0.25) is 4.79 Å². The average molecular weight is 503 g/mol. The lowest BCUT2D eigenvalue weighted by Gasteiger charge is -2.36. The quantitative estimate of drug-likeness (QED) is 0.644. The van der Waals surface area contributed by atoms with E-state index in [4.69, 9.17) is 14.7 Å². The molecule has 0 atom stereocenters. The molecular weight excluding hydrogens is 475 g/mol. The molecule has 0 spiro atoms. The first-order chi connectivity index (χ1) is 16.8. The Balaban J connectivity index is 1.54. The number of sulfonamides is 1. The van der Waals surface area contributed by atoms with Crippen LogP contribution in [0.4, 0.5) is 10.1 Å². The zero-order valence-electron chi connectivity index (χ0n) is 19.4. The van der Waals surface area contributed by atoms with Gasteiger partial charge in [-0.2, -0.15) is 5.26 Å². The molecule has 0 aliphatic carbocycles. The van der Waals surface area contributed by atoms with Crippen molar-refractivity contribution in [2.24, 2.45) is 0 Å². The molecule has 2 aliphatic rings. The second kappa shape index (κ2) is 10.6. The molecule has 4 rings (SSSR count). The molecule has 1 N–H and O–H groups in total. The summed E-state index contributed by atoms with van der Waals surface area (Å²) in [4.78, 5) is 16.9. The Morgan fingerprint density at radius 2 is 1.86 bits per heavy atom. The fraction of sp³-hybridized carbons (Fsp3) is 0.417. The summed E-state index contributed by atoms with van der Waals surface area (Å²) in [5.41, 5.74) is 0.793. The number of ether oxygens (including phenoxy) is 2. The number of benzene rings is 2. The van der Waals surface area contributed by atoms with Gasteiger partial charge in [-0.1, -0.05) is 0 Å². The summed E-state index contributed by atoms with van der Waals surface area (Å²) in [6.45, 7) is 2.54. The molecule has 11 heteroatoms. The number of halogens is 1. The molecule has 0 radical (unpaired) electrons. The normalized spacial score (nSPS) is 17.2. The van der Waals surface area contributed by atoms with Crippen molar-refractivity contribution in [3.8, 4) is 11.8 Å². The highest BCUT2D eigenvalue weighted by Crippen LogP contribution is 2.28. The first-order valence-electron chi connectivity index (χ1n) is 11.4. The number of nitriles is 1. The Hall–Kier alpha value is -3.20. The lowest BCUT2D eigenvalue weighted by atomic mass is 10.1. The van der Waals surface area contributed by atoms with Gasteiger partial charge < -0.3 is 19.3 Å². The van der Waals surface area contributed by atoms with Crippen molar-refractivity contribution in [3.63, 3.8) is 0 Å². The van der Waals surface area contributed by atoms with Crippen molar-refractivity contribution in [1.82, 2.24) is 9.62 Å². The maximum Gasteiger partial charge on any atom is 0.257 e. The van der Waals surface area contributed by atoms with E-state index in [2.05, 4.69) is 4.72 Å². The highest BCUT2D eigenvalue weighted by molar-refractivity contribution is 7.89. The Labute approximate surface area is 204 Å². The third-order valence-corrected chi connectivity index (χ3v) is 7.62.